The monoisotopic (exact) mass is 218 g/mol. The third-order valence-corrected chi connectivity index (χ3v) is 1.72. The topological polar surface area (TPSA) is 59.0 Å². The number of carbonyl (C=O) groups is 1. The standard InChI is InChI=1S/C11H10N2O3/c1-16-11(14)13(12-15)9-5-8-10-6-3-2-4-7-10/h2-4,6-7H,9H2,1H3. The van der Waals surface area contributed by atoms with E-state index >= 15 is 0 Å². The van der Waals surface area contributed by atoms with Gasteiger partial charge in [0.15, 0.2) is 0 Å². The van der Waals surface area contributed by atoms with E-state index in [1.807, 2.05) is 30.3 Å². The second-order valence-electron chi connectivity index (χ2n) is 2.78. The lowest BCUT2D eigenvalue weighted by Crippen LogP contribution is -2.25. The molecule has 16 heavy (non-hydrogen) atoms. The van der Waals surface area contributed by atoms with E-state index in [9.17, 15) is 9.70 Å². The van der Waals surface area contributed by atoms with Gasteiger partial charge in [0.2, 0.25) is 0 Å². The number of ether oxygens (including phenoxy) is 1. The van der Waals surface area contributed by atoms with Crippen molar-refractivity contribution in [3.8, 4) is 11.8 Å². The van der Waals surface area contributed by atoms with Crippen LogP contribution in [0, 0.1) is 16.7 Å². The Morgan fingerprint density at radius 2 is 2.12 bits per heavy atom. The molecule has 82 valence electrons. The molecule has 0 heterocycles. The Balaban J connectivity index is 2.60. The van der Waals surface area contributed by atoms with E-state index in [2.05, 4.69) is 21.9 Å². The Morgan fingerprint density at radius 1 is 1.44 bits per heavy atom. The van der Waals surface area contributed by atoms with Gasteiger partial charge in [0.1, 0.15) is 6.54 Å². The normalized spacial score (nSPS) is 8.56. The summed E-state index contributed by atoms with van der Waals surface area (Å²) >= 11 is 0. The molecule has 0 aromatic heterocycles. The summed E-state index contributed by atoms with van der Waals surface area (Å²) in [6.45, 7) is -0.0922. The van der Waals surface area contributed by atoms with Gasteiger partial charge in [-0.25, -0.2) is 4.79 Å². The van der Waals surface area contributed by atoms with Gasteiger partial charge in [-0.05, 0) is 12.1 Å². The third-order valence-electron chi connectivity index (χ3n) is 1.72. The molecule has 0 N–H and O–H groups in total. The number of benzene rings is 1. The van der Waals surface area contributed by atoms with E-state index in [0.29, 0.717) is 5.01 Å². The number of rotatable bonds is 2. The van der Waals surface area contributed by atoms with Gasteiger partial charge in [0, 0.05) is 5.56 Å². The van der Waals surface area contributed by atoms with Gasteiger partial charge >= 0.3 is 6.09 Å². The van der Waals surface area contributed by atoms with Crippen LogP contribution in [0.3, 0.4) is 0 Å². The Morgan fingerprint density at radius 3 is 2.69 bits per heavy atom. The summed E-state index contributed by atoms with van der Waals surface area (Å²) in [6.07, 6.45) is -0.822. The number of hydrogen-bond donors (Lipinski definition) is 0. The van der Waals surface area contributed by atoms with Gasteiger partial charge in [-0.3, -0.25) is 0 Å². The molecule has 1 aromatic rings. The van der Waals surface area contributed by atoms with Gasteiger partial charge in [-0.2, -0.15) is 0 Å². The molecule has 5 heteroatoms. The molecular formula is C11H10N2O3. The summed E-state index contributed by atoms with van der Waals surface area (Å²) in [5.41, 5.74) is 0.804. The SMILES string of the molecule is COC(=O)N(CC#Cc1ccccc1)N=O. The molecule has 0 atom stereocenters. The van der Waals surface area contributed by atoms with Gasteiger partial charge in [-0.1, -0.05) is 30.0 Å². The fourth-order valence-electron chi connectivity index (χ4n) is 0.970. The zero-order chi connectivity index (χ0) is 11.8. The molecule has 0 bridgehead atoms. The zero-order valence-corrected chi connectivity index (χ0v) is 8.71. The molecule has 0 saturated heterocycles. The van der Waals surface area contributed by atoms with Crippen molar-refractivity contribution < 1.29 is 9.53 Å². The number of carbonyl (C=O) groups excluding carboxylic acids is 1. The van der Waals surface area contributed by atoms with Crippen LogP contribution in [0.1, 0.15) is 5.56 Å². The average Bonchev–Trinajstić information content (AvgIpc) is 2.35. The zero-order valence-electron chi connectivity index (χ0n) is 8.71. The molecule has 0 fully saturated rings. The largest absolute Gasteiger partial charge is 0.451 e. The van der Waals surface area contributed by atoms with Crippen LogP contribution in [0.15, 0.2) is 35.6 Å². The van der Waals surface area contributed by atoms with Crippen LogP contribution in [0.25, 0.3) is 0 Å². The Kier molecular flexibility index (Phi) is 4.54. The highest BCUT2D eigenvalue weighted by molar-refractivity contribution is 5.67. The second-order valence-corrected chi connectivity index (χ2v) is 2.78. The molecule has 0 radical (unpaired) electrons. The lowest BCUT2D eigenvalue weighted by Gasteiger charge is -2.06. The Hall–Kier alpha value is -2.35. The number of nitrogens with zero attached hydrogens (tertiary/aromatic N) is 2. The molecule has 0 aliphatic heterocycles. The van der Waals surface area contributed by atoms with Crippen LogP contribution in [0.4, 0.5) is 4.79 Å². The minimum absolute atomic E-state index is 0.0922. The van der Waals surface area contributed by atoms with Gasteiger partial charge in [0.05, 0.1) is 12.4 Å². The number of hydrogen-bond acceptors (Lipinski definition) is 4. The lowest BCUT2D eigenvalue weighted by molar-refractivity contribution is 0.129. The molecule has 1 amide bonds. The first-order valence-corrected chi connectivity index (χ1v) is 4.50. The molecule has 1 rings (SSSR count). The summed E-state index contributed by atoms with van der Waals surface area (Å²) in [6, 6.07) is 9.21. The first-order chi connectivity index (χ1) is 7.77. The average molecular weight is 218 g/mol. The van der Waals surface area contributed by atoms with Crippen molar-refractivity contribution in [3.05, 3.63) is 40.8 Å². The molecule has 5 nitrogen and oxygen atoms in total. The summed E-state index contributed by atoms with van der Waals surface area (Å²) in [4.78, 5) is 21.2. The number of methoxy groups -OCH3 is 1. The van der Waals surface area contributed by atoms with Crippen LogP contribution in [0.5, 0.6) is 0 Å². The van der Waals surface area contributed by atoms with E-state index in [0.717, 1.165) is 5.56 Å². The van der Waals surface area contributed by atoms with Crippen molar-refractivity contribution in [3.63, 3.8) is 0 Å². The Labute approximate surface area is 93.0 Å². The van der Waals surface area contributed by atoms with E-state index in [1.54, 1.807) is 0 Å². The van der Waals surface area contributed by atoms with Crippen molar-refractivity contribution in [1.82, 2.24) is 5.01 Å². The van der Waals surface area contributed by atoms with Crippen LogP contribution in [-0.2, 0) is 4.74 Å². The lowest BCUT2D eigenvalue weighted by atomic mass is 10.2. The Bertz CT molecular complexity index is 420. The van der Waals surface area contributed by atoms with Crippen LogP contribution >= 0.6 is 0 Å². The molecule has 0 spiro atoms. The smallest absolute Gasteiger partial charge is 0.433 e. The number of amides is 1. The summed E-state index contributed by atoms with van der Waals surface area (Å²) < 4.78 is 4.33. The first kappa shape index (κ1) is 11.7. The molecule has 0 aliphatic carbocycles. The van der Waals surface area contributed by atoms with Gasteiger partial charge in [0.25, 0.3) is 0 Å². The first-order valence-electron chi connectivity index (χ1n) is 4.50. The highest BCUT2D eigenvalue weighted by Crippen LogP contribution is 1.96. The highest BCUT2D eigenvalue weighted by Gasteiger charge is 2.11. The van der Waals surface area contributed by atoms with E-state index in [1.165, 1.54) is 7.11 Å². The minimum atomic E-state index is -0.822. The fourth-order valence-corrected chi connectivity index (χ4v) is 0.970. The summed E-state index contributed by atoms with van der Waals surface area (Å²) in [7, 11) is 1.17. The maximum Gasteiger partial charge on any atom is 0.433 e. The quantitative estimate of drug-likeness (QED) is 0.432. The summed E-state index contributed by atoms with van der Waals surface area (Å²) in [5.74, 6) is 5.44. The van der Waals surface area contributed by atoms with Crippen LogP contribution in [-0.4, -0.2) is 24.8 Å². The van der Waals surface area contributed by atoms with Gasteiger partial charge in [-0.15, -0.1) is 9.92 Å². The van der Waals surface area contributed by atoms with Crippen molar-refractivity contribution in [2.24, 2.45) is 5.29 Å². The molecular weight excluding hydrogens is 208 g/mol. The van der Waals surface area contributed by atoms with E-state index in [4.69, 9.17) is 0 Å². The highest BCUT2D eigenvalue weighted by atomic mass is 16.6. The van der Waals surface area contributed by atoms with Crippen molar-refractivity contribution in [2.75, 3.05) is 13.7 Å². The van der Waals surface area contributed by atoms with Crippen molar-refractivity contribution in [2.45, 2.75) is 0 Å². The van der Waals surface area contributed by atoms with Crippen LogP contribution < -0.4 is 0 Å². The minimum Gasteiger partial charge on any atom is -0.451 e. The molecule has 0 aliphatic rings. The number of nitroso groups, excluding NO2 is 1. The van der Waals surface area contributed by atoms with Crippen molar-refractivity contribution >= 4 is 6.09 Å². The molecule has 1 aromatic carbocycles. The maximum atomic E-state index is 10.9. The molecule has 0 saturated carbocycles. The van der Waals surface area contributed by atoms with E-state index in [-0.39, 0.29) is 6.54 Å². The fraction of sp³-hybridized carbons (Fsp3) is 0.182. The predicted molar refractivity (Wildman–Crippen MR) is 58.2 cm³/mol. The molecule has 0 unspecified atom stereocenters. The van der Waals surface area contributed by atoms with Gasteiger partial charge < -0.3 is 4.74 Å². The van der Waals surface area contributed by atoms with Crippen LogP contribution in [0.2, 0.25) is 0 Å². The third kappa shape index (κ3) is 3.42. The predicted octanol–water partition coefficient (Wildman–Crippen LogP) is 1.79. The summed E-state index contributed by atoms with van der Waals surface area (Å²) in [5, 5.41) is 3.10. The van der Waals surface area contributed by atoms with E-state index < -0.39 is 6.09 Å². The van der Waals surface area contributed by atoms with Crippen molar-refractivity contribution in [1.29, 1.82) is 0 Å². The maximum absolute atomic E-state index is 10.9. The second kappa shape index (κ2) is 6.19.